The van der Waals surface area contributed by atoms with E-state index in [1.54, 1.807) is 5.57 Å². The van der Waals surface area contributed by atoms with Crippen LogP contribution in [0.15, 0.2) is 66.2 Å². The van der Waals surface area contributed by atoms with Gasteiger partial charge < -0.3 is 0 Å². The number of rotatable bonds is 3. The summed E-state index contributed by atoms with van der Waals surface area (Å²) >= 11 is 0. The number of benzene rings is 3. The lowest BCUT2D eigenvalue weighted by Gasteiger charge is -2.14. The maximum atomic E-state index is 2.53. The molecule has 0 radical (unpaired) electrons. The van der Waals surface area contributed by atoms with Gasteiger partial charge in [-0.3, -0.25) is 0 Å². The highest BCUT2D eigenvalue weighted by molar-refractivity contribution is 5.99. The molecule has 0 bridgehead atoms. The Morgan fingerprint density at radius 2 is 1.44 bits per heavy atom. The van der Waals surface area contributed by atoms with Gasteiger partial charge in [0.15, 0.2) is 0 Å². The first-order valence-corrected chi connectivity index (χ1v) is 10.7. The van der Waals surface area contributed by atoms with Gasteiger partial charge in [0.2, 0.25) is 0 Å². The third-order valence-corrected chi connectivity index (χ3v) is 6.57. The highest BCUT2D eigenvalue weighted by Gasteiger charge is 2.21. The second kappa shape index (κ2) is 7.35. The molecule has 0 saturated heterocycles. The van der Waals surface area contributed by atoms with Crippen molar-refractivity contribution in [2.75, 3.05) is 0 Å². The summed E-state index contributed by atoms with van der Waals surface area (Å²) in [4.78, 5) is 0. The van der Waals surface area contributed by atoms with E-state index < -0.39 is 0 Å². The lowest BCUT2D eigenvalue weighted by atomic mass is 9.92. The summed E-state index contributed by atoms with van der Waals surface area (Å²) in [6.45, 7) is 0. The molecular formula is C27H28. The normalized spacial score (nSPS) is 17.6. The topological polar surface area (TPSA) is 0 Å². The van der Waals surface area contributed by atoms with Crippen LogP contribution in [0.25, 0.3) is 28.0 Å². The molecule has 3 aromatic carbocycles. The molecule has 3 aromatic rings. The number of allylic oxidation sites excluding steroid dienone is 1. The van der Waals surface area contributed by atoms with Crippen LogP contribution in [0.1, 0.15) is 56.1 Å². The molecular weight excluding hydrogens is 324 g/mol. The van der Waals surface area contributed by atoms with E-state index in [9.17, 15) is 0 Å². The lowest BCUT2D eigenvalue weighted by molar-refractivity contribution is 0.455. The van der Waals surface area contributed by atoms with Crippen LogP contribution in [-0.4, -0.2) is 0 Å². The first-order chi connectivity index (χ1) is 13.4. The molecule has 0 atom stereocenters. The van der Waals surface area contributed by atoms with Gasteiger partial charge in [-0.05, 0) is 51.8 Å². The van der Waals surface area contributed by atoms with Crippen molar-refractivity contribution in [2.24, 2.45) is 5.92 Å². The fourth-order valence-corrected chi connectivity index (χ4v) is 5.20. The van der Waals surface area contributed by atoms with E-state index in [1.165, 1.54) is 78.0 Å². The number of fused-ring (bicyclic) bond motifs is 2. The third kappa shape index (κ3) is 3.34. The summed E-state index contributed by atoms with van der Waals surface area (Å²) in [5.41, 5.74) is 7.42. The molecule has 0 N–H and O–H groups in total. The van der Waals surface area contributed by atoms with Gasteiger partial charge >= 0.3 is 0 Å². The van der Waals surface area contributed by atoms with E-state index >= 15 is 0 Å². The number of hydrogen-bond donors (Lipinski definition) is 0. The Bertz CT molecular complexity index is 979. The first kappa shape index (κ1) is 16.8. The first-order valence-electron chi connectivity index (χ1n) is 10.7. The fraction of sp³-hybridized carbons (Fsp3) is 0.333. The second-order valence-corrected chi connectivity index (χ2v) is 8.45. The predicted octanol–water partition coefficient (Wildman–Crippen LogP) is 7.81. The molecule has 2 aliphatic rings. The molecule has 27 heavy (non-hydrogen) atoms. The Kier molecular flexibility index (Phi) is 4.57. The zero-order valence-corrected chi connectivity index (χ0v) is 16.1. The Balaban J connectivity index is 1.51. The monoisotopic (exact) mass is 352 g/mol. The van der Waals surface area contributed by atoms with Crippen molar-refractivity contribution >= 4 is 16.8 Å². The molecule has 0 aromatic heterocycles. The SMILES string of the molecule is C1=C(CC2CCCCCC2)Cc2cccc(-c3cccc4ccccc34)c21. The molecule has 0 heterocycles. The van der Waals surface area contributed by atoms with Gasteiger partial charge in [-0.1, -0.05) is 111 Å². The average Bonchev–Trinajstić information content (AvgIpc) is 2.94. The van der Waals surface area contributed by atoms with Crippen molar-refractivity contribution in [3.8, 4) is 11.1 Å². The van der Waals surface area contributed by atoms with Crippen LogP contribution in [0.5, 0.6) is 0 Å². The highest BCUT2D eigenvalue weighted by Crippen LogP contribution is 2.39. The predicted molar refractivity (Wildman–Crippen MR) is 117 cm³/mol. The molecule has 0 heteroatoms. The average molecular weight is 353 g/mol. The number of hydrogen-bond acceptors (Lipinski definition) is 0. The molecule has 0 amide bonds. The standard InChI is InChI=1S/C27H28/c1-2-4-10-20(9-3-1)17-21-18-23-13-8-16-26(27(23)19-21)25-15-7-12-22-11-5-6-14-24(22)25/h5-8,11-16,19-20H,1-4,9-10,17-18H2. The Hall–Kier alpha value is -2.34. The van der Waals surface area contributed by atoms with Gasteiger partial charge in [0, 0.05) is 0 Å². The molecule has 2 aliphatic carbocycles. The molecule has 0 nitrogen and oxygen atoms in total. The van der Waals surface area contributed by atoms with Gasteiger partial charge in [0.1, 0.15) is 0 Å². The van der Waals surface area contributed by atoms with Gasteiger partial charge in [0.05, 0.1) is 0 Å². The lowest BCUT2D eigenvalue weighted by Crippen LogP contribution is -2.00. The Labute approximate surface area is 162 Å². The molecule has 0 unspecified atom stereocenters. The van der Waals surface area contributed by atoms with Crippen molar-refractivity contribution in [1.29, 1.82) is 0 Å². The van der Waals surface area contributed by atoms with E-state index in [2.05, 4.69) is 66.7 Å². The molecule has 136 valence electrons. The smallest absolute Gasteiger partial charge is 0.00575 e. The zero-order valence-electron chi connectivity index (χ0n) is 16.1. The fourth-order valence-electron chi connectivity index (χ4n) is 5.20. The quantitative estimate of drug-likeness (QED) is 0.422. The summed E-state index contributed by atoms with van der Waals surface area (Å²) in [5.74, 6) is 0.911. The van der Waals surface area contributed by atoms with E-state index in [4.69, 9.17) is 0 Å². The molecule has 1 fully saturated rings. The minimum atomic E-state index is 0.911. The largest absolute Gasteiger partial charge is 0.0649 e. The van der Waals surface area contributed by atoms with E-state index in [0.717, 1.165) is 12.3 Å². The van der Waals surface area contributed by atoms with Crippen molar-refractivity contribution in [2.45, 2.75) is 51.4 Å². The van der Waals surface area contributed by atoms with Crippen molar-refractivity contribution < 1.29 is 0 Å². The van der Waals surface area contributed by atoms with Crippen LogP contribution in [0, 0.1) is 5.92 Å². The van der Waals surface area contributed by atoms with Gasteiger partial charge in [-0.2, -0.15) is 0 Å². The molecule has 0 aliphatic heterocycles. The van der Waals surface area contributed by atoms with E-state index in [-0.39, 0.29) is 0 Å². The third-order valence-electron chi connectivity index (χ3n) is 6.57. The van der Waals surface area contributed by atoms with Crippen molar-refractivity contribution in [3.05, 3.63) is 77.4 Å². The maximum absolute atomic E-state index is 2.53. The van der Waals surface area contributed by atoms with Crippen LogP contribution in [0.4, 0.5) is 0 Å². The van der Waals surface area contributed by atoms with Gasteiger partial charge in [-0.25, -0.2) is 0 Å². The molecule has 0 spiro atoms. The molecule has 5 rings (SSSR count). The van der Waals surface area contributed by atoms with Gasteiger partial charge in [0.25, 0.3) is 0 Å². The maximum Gasteiger partial charge on any atom is -0.00575 e. The van der Waals surface area contributed by atoms with Gasteiger partial charge in [-0.15, -0.1) is 0 Å². The zero-order chi connectivity index (χ0) is 18.1. The summed E-state index contributed by atoms with van der Waals surface area (Å²) in [5, 5.41) is 2.69. The minimum Gasteiger partial charge on any atom is -0.0649 e. The van der Waals surface area contributed by atoms with Crippen LogP contribution in [0.3, 0.4) is 0 Å². The second-order valence-electron chi connectivity index (χ2n) is 8.45. The summed E-state index contributed by atoms with van der Waals surface area (Å²) in [7, 11) is 0. The minimum absolute atomic E-state index is 0.911. The Morgan fingerprint density at radius 3 is 2.33 bits per heavy atom. The van der Waals surface area contributed by atoms with Crippen LogP contribution in [0.2, 0.25) is 0 Å². The summed E-state index contributed by atoms with van der Waals surface area (Å²) in [6.07, 6.45) is 13.6. The van der Waals surface area contributed by atoms with Crippen LogP contribution < -0.4 is 0 Å². The van der Waals surface area contributed by atoms with Crippen LogP contribution in [-0.2, 0) is 6.42 Å². The van der Waals surface area contributed by atoms with E-state index in [1.807, 2.05) is 0 Å². The van der Waals surface area contributed by atoms with E-state index in [0.29, 0.717) is 0 Å². The van der Waals surface area contributed by atoms with Crippen molar-refractivity contribution in [1.82, 2.24) is 0 Å². The summed E-state index contributed by atoms with van der Waals surface area (Å²) in [6, 6.07) is 22.4. The van der Waals surface area contributed by atoms with Crippen LogP contribution >= 0.6 is 0 Å². The Morgan fingerprint density at radius 1 is 0.704 bits per heavy atom. The molecule has 1 saturated carbocycles. The highest BCUT2D eigenvalue weighted by atomic mass is 14.3. The summed E-state index contributed by atoms with van der Waals surface area (Å²) < 4.78 is 0. The van der Waals surface area contributed by atoms with Crippen molar-refractivity contribution in [3.63, 3.8) is 0 Å².